The van der Waals surface area contributed by atoms with Gasteiger partial charge in [-0.2, -0.15) is 4.39 Å². The maximum atomic E-state index is 13.5. The zero-order valence-corrected chi connectivity index (χ0v) is 14.2. The Labute approximate surface area is 152 Å². The van der Waals surface area contributed by atoms with Crippen molar-refractivity contribution in [2.24, 2.45) is 5.92 Å². The van der Waals surface area contributed by atoms with E-state index in [0.29, 0.717) is 25.9 Å². The molecule has 0 aromatic heterocycles. The first-order valence-corrected chi connectivity index (χ1v) is 8.52. The monoisotopic (exact) mass is 386 g/mol. The third-order valence-electron chi connectivity index (χ3n) is 5.03. The van der Waals surface area contributed by atoms with Crippen LogP contribution in [-0.2, 0) is 9.47 Å². The molecule has 0 bridgehead atoms. The van der Waals surface area contributed by atoms with Crippen molar-refractivity contribution >= 4 is 12.2 Å². The number of ether oxygens (including phenoxy) is 3. The number of nitrogens with one attached hydrogen (secondary N) is 1. The standard InChI is InChI=1S/C17H17F3N2O5/c18-11-1-2-12(14(20)13(11)19)25-5-9-3-10(4-9)27-16(24)22-6-17(7-22)8-26-15(23)21-17/h1-2,9-10H,3-8H2,(H,21,23)/t9-,10+. The lowest BCUT2D eigenvalue weighted by molar-refractivity contribution is -0.0360. The zero-order chi connectivity index (χ0) is 19.2. The van der Waals surface area contributed by atoms with E-state index >= 15 is 0 Å². The van der Waals surface area contributed by atoms with Crippen LogP contribution in [0.3, 0.4) is 0 Å². The first kappa shape index (κ1) is 17.7. The summed E-state index contributed by atoms with van der Waals surface area (Å²) in [6, 6.07) is 1.84. The highest BCUT2D eigenvalue weighted by Crippen LogP contribution is 2.33. The minimum absolute atomic E-state index is 0.0283. The van der Waals surface area contributed by atoms with Crippen LogP contribution in [0.25, 0.3) is 0 Å². The molecule has 2 aliphatic heterocycles. The van der Waals surface area contributed by atoms with Crippen LogP contribution in [0.15, 0.2) is 12.1 Å². The van der Waals surface area contributed by atoms with Gasteiger partial charge in [0.2, 0.25) is 5.82 Å². The maximum absolute atomic E-state index is 13.5. The van der Waals surface area contributed by atoms with E-state index < -0.39 is 35.2 Å². The smallest absolute Gasteiger partial charge is 0.410 e. The van der Waals surface area contributed by atoms with Gasteiger partial charge in [-0.15, -0.1) is 0 Å². The van der Waals surface area contributed by atoms with Gasteiger partial charge < -0.3 is 24.4 Å². The summed E-state index contributed by atoms with van der Waals surface area (Å²) in [6.45, 7) is 1.03. The van der Waals surface area contributed by atoms with E-state index in [-0.39, 0.29) is 31.0 Å². The molecule has 1 saturated carbocycles. The molecular weight excluding hydrogens is 369 g/mol. The number of hydrogen-bond donors (Lipinski definition) is 1. The lowest BCUT2D eigenvalue weighted by Gasteiger charge is -2.46. The molecule has 10 heteroatoms. The third-order valence-corrected chi connectivity index (χ3v) is 5.03. The van der Waals surface area contributed by atoms with Crippen molar-refractivity contribution in [2.75, 3.05) is 26.3 Å². The largest absolute Gasteiger partial charge is 0.490 e. The molecule has 0 radical (unpaired) electrons. The number of likely N-dealkylation sites (tertiary alicyclic amines) is 1. The fourth-order valence-electron chi connectivity index (χ4n) is 3.43. The van der Waals surface area contributed by atoms with Crippen molar-refractivity contribution in [3.63, 3.8) is 0 Å². The summed E-state index contributed by atoms with van der Waals surface area (Å²) < 4.78 is 54.9. The number of carbonyl (C=O) groups excluding carboxylic acids is 2. The zero-order valence-electron chi connectivity index (χ0n) is 14.2. The summed E-state index contributed by atoms with van der Waals surface area (Å²) in [5, 5.41) is 2.68. The first-order chi connectivity index (χ1) is 12.8. The molecule has 3 fully saturated rings. The minimum atomic E-state index is -1.57. The lowest BCUT2D eigenvalue weighted by atomic mass is 9.83. The fraction of sp³-hybridized carbons (Fsp3) is 0.529. The predicted molar refractivity (Wildman–Crippen MR) is 83.6 cm³/mol. The Balaban J connectivity index is 1.17. The maximum Gasteiger partial charge on any atom is 0.410 e. The third kappa shape index (κ3) is 3.35. The molecule has 4 rings (SSSR count). The quantitative estimate of drug-likeness (QED) is 0.803. The summed E-state index contributed by atoms with van der Waals surface area (Å²) >= 11 is 0. The number of alkyl carbamates (subject to hydrolysis) is 1. The van der Waals surface area contributed by atoms with E-state index in [1.807, 2.05) is 0 Å². The van der Waals surface area contributed by atoms with Crippen molar-refractivity contribution in [3.8, 4) is 5.75 Å². The molecule has 1 aliphatic carbocycles. The van der Waals surface area contributed by atoms with E-state index in [2.05, 4.69) is 5.32 Å². The Bertz CT molecular complexity index is 778. The molecule has 0 atom stereocenters. The number of hydrogen-bond acceptors (Lipinski definition) is 5. The SMILES string of the molecule is O=C1NC2(CO1)CN(C(=O)O[C@H]1C[C@@H](COc3ccc(F)c(F)c3F)C1)C2. The molecule has 27 heavy (non-hydrogen) atoms. The van der Waals surface area contributed by atoms with E-state index in [1.54, 1.807) is 0 Å². The predicted octanol–water partition coefficient (Wildman–Crippen LogP) is 2.19. The highest BCUT2D eigenvalue weighted by Gasteiger charge is 2.52. The van der Waals surface area contributed by atoms with E-state index in [1.165, 1.54) is 4.90 Å². The van der Waals surface area contributed by atoms with Gasteiger partial charge in [0, 0.05) is 0 Å². The van der Waals surface area contributed by atoms with Gasteiger partial charge in [0.05, 0.1) is 19.7 Å². The number of amides is 2. The fourth-order valence-corrected chi connectivity index (χ4v) is 3.43. The Morgan fingerprint density at radius 2 is 2.00 bits per heavy atom. The summed E-state index contributed by atoms with van der Waals surface area (Å²) in [6.07, 6.45) is -0.141. The van der Waals surface area contributed by atoms with E-state index in [0.717, 1.165) is 12.1 Å². The van der Waals surface area contributed by atoms with Crippen molar-refractivity contribution in [3.05, 3.63) is 29.6 Å². The first-order valence-electron chi connectivity index (χ1n) is 8.52. The van der Waals surface area contributed by atoms with Gasteiger partial charge >= 0.3 is 12.2 Å². The van der Waals surface area contributed by atoms with Gasteiger partial charge in [-0.1, -0.05) is 0 Å². The van der Waals surface area contributed by atoms with Crippen LogP contribution in [0.4, 0.5) is 22.8 Å². The van der Waals surface area contributed by atoms with Crippen LogP contribution < -0.4 is 10.1 Å². The Kier molecular flexibility index (Phi) is 4.27. The van der Waals surface area contributed by atoms with Crippen LogP contribution in [0.1, 0.15) is 12.8 Å². The summed E-state index contributed by atoms with van der Waals surface area (Å²) in [4.78, 5) is 24.6. The number of carbonyl (C=O) groups is 2. The molecule has 146 valence electrons. The second-order valence-electron chi connectivity index (χ2n) is 7.17. The molecule has 1 N–H and O–H groups in total. The molecule has 3 aliphatic rings. The molecular formula is C17H17F3N2O5. The summed E-state index contributed by atoms with van der Waals surface area (Å²) in [5.41, 5.74) is -0.499. The van der Waals surface area contributed by atoms with Gasteiger partial charge in [0.1, 0.15) is 18.2 Å². The van der Waals surface area contributed by atoms with E-state index in [9.17, 15) is 22.8 Å². The highest BCUT2D eigenvalue weighted by atomic mass is 19.2. The summed E-state index contributed by atoms with van der Waals surface area (Å²) in [5.74, 6) is -4.51. The van der Waals surface area contributed by atoms with E-state index in [4.69, 9.17) is 14.2 Å². The van der Waals surface area contributed by atoms with Gasteiger partial charge in [0.15, 0.2) is 17.4 Å². The molecule has 7 nitrogen and oxygen atoms in total. The van der Waals surface area contributed by atoms with Crippen molar-refractivity contribution in [2.45, 2.75) is 24.5 Å². The van der Waals surface area contributed by atoms with Crippen molar-refractivity contribution in [1.29, 1.82) is 0 Å². The number of rotatable bonds is 4. The molecule has 1 spiro atoms. The van der Waals surface area contributed by atoms with Crippen molar-refractivity contribution in [1.82, 2.24) is 10.2 Å². The van der Waals surface area contributed by atoms with Gasteiger partial charge in [0.25, 0.3) is 0 Å². The van der Waals surface area contributed by atoms with Crippen LogP contribution in [-0.4, -0.2) is 55.0 Å². The van der Waals surface area contributed by atoms with Crippen LogP contribution in [0.2, 0.25) is 0 Å². The normalized spacial score (nSPS) is 25.3. The molecule has 1 aromatic carbocycles. The second-order valence-corrected chi connectivity index (χ2v) is 7.17. The van der Waals surface area contributed by atoms with Crippen molar-refractivity contribution < 1.29 is 37.0 Å². The lowest BCUT2D eigenvalue weighted by Crippen LogP contribution is -2.70. The van der Waals surface area contributed by atoms with Crippen LogP contribution >= 0.6 is 0 Å². The summed E-state index contributed by atoms with van der Waals surface area (Å²) in [7, 11) is 0. The van der Waals surface area contributed by atoms with Gasteiger partial charge in [-0.3, -0.25) is 0 Å². The van der Waals surface area contributed by atoms with Crippen LogP contribution in [0, 0.1) is 23.4 Å². The Morgan fingerprint density at radius 1 is 1.26 bits per heavy atom. The number of cyclic esters (lactones) is 1. The second kappa shape index (κ2) is 6.50. The Morgan fingerprint density at radius 3 is 2.67 bits per heavy atom. The molecule has 2 amide bonds. The molecule has 2 saturated heterocycles. The number of nitrogens with zero attached hydrogens (tertiary/aromatic N) is 1. The molecule has 1 aromatic rings. The van der Waals surface area contributed by atoms with Gasteiger partial charge in [-0.25, -0.2) is 18.4 Å². The average molecular weight is 386 g/mol. The number of benzene rings is 1. The Hall–Kier alpha value is -2.65. The minimum Gasteiger partial charge on any atom is -0.490 e. The van der Waals surface area contributed by atoms with Gasteiger partial charge in [-0.05, 0) is 30.9 Å². The topological polar surface area (TPSA) is 77.1 Å². The molecule has 0 unspecified atom stereocenters. The highest BCUT2D eigenvalue weighted by molar-refractivity contribution is 5.74. The average Bonchev–Trinajstić information content (AvgIpc) is 2.97. The molecule has 2 heterocycles. The van der Waals surface area contributed by atoms with Crippen LogP contribution in [0.5, 0.6) is 5.75 Å². The number of halogens is 3.